The molecule has 0 bridgehead atoms. The summed E-state index contributed by atoms with van der Waals surface area (Å²) in [4.78, 5) is 0. The van der Waals surface area contributed by atoms with E-state index in [9.17, 15) is 0 Å². The van der Waals surface area contributed by atoms with E-state index in [-0.39, 0.29) is 32.5 Å². The third-order valence-corrected chi connectivity index (χ3v) is 17.3. The Morgan fingerprint density at radius 3 is 0.592 bits per heavy atom. The second-order valence-corrected chi connectivity index (χ2v) is 29.2. The monoisotopic (exact) mass is 991 g/mol. The van der Waals surface area contributed by atoms with E-state index >= 15 is 0 Å². The van der Waals surface area contributed by atoms with Crippen LogP contribution in [0.2, 0.25) is 0 Å². The zero-order valence-corrected chi connectivity index (χ0v) is 48.9. The molecular formula is C76H78. The van der Waals surface area contributed by atoms with E-state index in [0.29, 0.717) is 0 Å². The smallest absolute Gasteiger partial charge is 0.00201 e. The van der Waals surface area contributed by atoms with Gasteiger partial charge in [0, 0.05) is 0 Å². The fraction of sp³-hybridized carbons (Fsp3) is 0.316. The summed E-state index contributed by atoms with van der Waals surface area (Å²) in [5.74, 6) is 0. The van der Waals surface area contributed by atoms with Gasteiger partial charge in [-0.05, 0) is 234 Å². The van der Waals surface area contributed by atoms with Gasteiger partial charge in [0.2, 0.25) is 0 Å². The van der Waals surface area contributed by atoms with Crippen molar-refractivity contribution in [3.05, 3.63) is 177 Å². The molecule has 0 aromatic heterocycles. The lowest BCUT2D eigenvalue weighted by Gasteiger charge is -2.25. The summed E-state index contributed by atoms with van der Waals surface area (Å²) < 4.78 is 0. The highest BCUT2D eigenvalue weighted by atomic mass is 14.3. The molecule has 0 aliphatic heterocycles. The van der Waals surface area contributed by atoms with Crippen LogP contribution in [-0.4, -0.2) is 0 Å². The van der Waals surface area contributed by atoms with Gasteiger partial charge in [0.1, 0.15) is 0 Å². The van der Waals surface area contributed by atoms with Crippen molar-refractivity contribution in [3.63, 3.8) is 0 Å². The van der Waals surface area contributed by atoms with Crippen LogP contribution in [0.15, 0.2) is 121 Å². The van der Waals surface area contributed by atoms with Crippen molar-refractivity contribution < 1.29 is 0 Å². The fourth-order valence-corrected chi connectivity index (χ4v) is 12.5. The fourth-order valence-electron chi connectivity index (χ4n) is 12.5. The van der Waals surface area contributed by atoms with E-state index in [1.165, 1.54) is 153 Å². The van der Waals surface area contributed by atoms with Crippen LogP contribution < -0.4 is 0 Å². The van der Waals surface area contributed by atoms with Gasteiger partial charge in [0.15, 0.2) is 0 Å². The quantitative estimate of drug-likeness (QED) is 0.122. The minimum atomic E-state index is -0.0600. The molecule has 12 rings (SSSR count). The standard InChI is InChI=1S/C76H78/c1-71(2,3)55-31-47-23-25-49-33-57(73(7,8)9)39-61-43(27-51(35-55)65(47)67(49)61)19-21-45-29-53-37-60(76(16,17)18)42-64-46(30-54-38-59(75(13,14)15)41-63(45)69(54)70(53)64)22-20-44-28-52-36-56(72(4,5)6)32-48-24-26-50-34-58(74(10,11)12)40-62(44)68(50)66(48)52/h19-42H,1-18H3/b21-19+,22-20+. The Labute approximate surface area is 452 Å². The average Bonchev–Trinajstić information content (AvgIpc) is 3.42. The van der Waals surface area contributed by atoms with E-state index in [4.69, 9.17) is 0 Å². The Balaban J connectivity index is 1.12. The molecule has 0 saturated carbocycles. The Bertz CT molecular complexity index is 4120. The lowest BCUT2D eigenvalue weighted by atomic mass is 9.79. The topological polar surface area (TPSA) is 0 Å². The number of hydrogen-bond acceptors (Lipinski definition) is 0. The maximum Gasteiger partial charge on any atom is -0.00201 e. The molecule has 0 N–H and O–H groups in total. The van der Waals surface area contributed by atoms with Gasteiger partial charge < -0.3 is 0 Å². The first kappa shape index (κ1) is 50.1. The molecule has 382 valence electrons. The molecule has 0 heterocycles. The highest BCUT2D eigenvalue weighted by Gasteiger charge is 2.26. The van der Waals surface area contributed by atoms with E-state index in [0.717, 1.165) is 0 Å². The molecule has 0 saturated heterocycles. The van der Waals surface area contributed by atoms with Crippen LogP contribution in [-0.2, 0) is 32.5 Å². The average molecular weight is 991 g/mol. The molecule has 0 spiro atoms. The third kappa shape index (κ3) is 8.24. The van der Waals surface area contributed by atoms with Crippen LogP contribution in [0, 0.1) is 0 Å². The zero-order valence-electron chi connectivity index (χ0n) is 48.9. The number of hydrogen-bond donors (Lipinski definition) is 0. The molecule has 0 atom stereocenters. The molecule has 76 heavy (non-hydrogen) atoms. The summed E-state index contributed by atoms with van der Waals surface area (Å²) in [6, 6.07) is 49.0. The van der Waals surface area contributed by atoms with Crippen LogP contribution >= 0.6 is 0 Å². The van der Waals surface area contributed by atoms with Gasteiger partial charge in [-0.1, -0.05) is 222 Å². The number of benzene rings is 12. The first-order chi connectivity index (χ1) is 35.4. The Hall–Kier alpha value is -6.76. The van der Waals surface area contributed by atoms with Crippen molar-refractivity contribution in [2.75, 3.05) is 0 Å². The number of rotatable bonds is 4. The second kappa shape index (κ2) is 16.4. The van der Waals surface area contributed by atoms with Crippen LogP contribution in [0.3, 0.4) is 0 Å². The van der Waals surface area contributed by atoms with Gasteiger partial charge in [0.05, 0.1) is 0 Å². The lowest BCUT2D eigenvalue weighted by Crippen LogP contribution is -2.12. The molecule has 12 aromatic rings. The molecule has 12 aromatic carbocycles. The normalized spacial score (nSPS) is 14.1. The minimum Gasteiger partial charge on any atom is -0.0561 e. The van der Waals surface area contributed by atoms with E-state index in [1.807, 2.05) is 0 Å². The first-order valence-electron chi connectivity index (χ1n) is 28.1. The molecule has 0 unspecified atom stereocenters. The maximum absolute atomic E-state index is 2.51. The third-order valence-electron chi connectivity index (χ3n) is 17.3. The summed E-state index contributed by atoms with van der Waals surface area (Å²) in [7, 11) is 0. The van der Waals surface area contributed by atoms with Crippen LogP contribution in [0.4, 0.5) is 0 Å². The van der Waals surface area contributed by atoms with E-state index in [2.05, 4.69) is 270 Å². The molecule has 0 fully saturated rings. The van der Waals surface area contributed by atoms with Gasteiger partial charge in [-0.2, -0.15) is 0 Å². The molecule has 0 amide bonds. The molecule has 0 aliphatic rings. The molecule has 0 nitrogen and oxygen atoms in total. The SMILES string of the molecule is CC(C)(C)c1cc2ccc3cc(C(C)(C)C)cc4c(/C=C/c5cc6cc(C(C)(C)C)cc7c(/C=C/c8cc9cc(C(C)(C)C)cc%10ccc%11cc(C(C)(C)C)cc8c%11c%109)cc8cc(C(C)(C)C)cc5c8c67)cc(c1)c2c34. The Kier molecular flexibility index (Phi) is 10.8. The summed E-state index contributed by atoms with van der Waals surface area (Å²) in [5, 5.41) is 24.0. The van der Waals surface area contributed by atoms with Gasteiger partial charge in [0.25, 0.3) is 0 Å². The van der Waals surface area contributed by atoms with Crippen molar-refractivity contribution in [2.45, 2.75) is 157 Å². The van der Waals surface area contributed by atoms with Crippen molar-refractivity contribution in [1.29, 1.82) is 0 Å². The van der Waals surface area contributed by atoms with Crippen LogP contribution in [0.5, 0.6) is 0 Å². The lowest BCUT2D eigenvalue weighted by molar-refractivity contribution is 0.591. The Morgan fingerprint density at radius 2 is 0.368 bits per heavy atom. The molecule has 0 aliphatic carbocycles. The second-order valence-electron chi connectivity index (χ2n) is 29.2. The van der Waals surface area contributed by atoms with Crippen LogP contribution in [0.25, 0.3) is 121 Å². The van der Waals surface area contributed by atoms with Crippen molar-refractivity contribution >= 4 is 121 Å². The van der Waals surface area contributed by atoms with Crippen LogP contribution in [0.1, 0.15) is 180 Å². The van der Waals surface area contributed by atoms with E-state index in [1.54, 1.807) is 0 Å². The van der Waals surface area contributed by atoms with Gasteiger partial charge >= 0.3 is 0 Å². The molecule has 0 radical (unpaired) electrons. The van der Waals surface area contributed by atoms with E-state index < -0.39 is 0 Å². The highest BCUT2D eigenvalue weighted by Crippen LogP contribution is 2.47. The maximum atomic E-state index is 2.51. The largest absolute Gasteiger partial charge is 0.0561 e. The van der Waals surface area contributed by atoms with Gasteiger partial charge in [-0.15, -0.1) is 0 Å². The summed E-state index contributed by atoms with van der Waals surface area (Å²) in [5.41, 5.74) is 13.2. The predicted octanol–water partition coefficient (Wildman–Crippen LogP) is 22.5. The Morgan fingerprint density at radius 1 is 0.197 bits per heavy atom. The first-order valence-corrected chi connectivity index (χ1v) is 28.1. The predicted molar refractivity (Wildman–Crippen MR) is 340 cm³/mol. The molecular weight excluding hydrogens is 913 g/mol. The zero-order chi connectivity index (χ0) is 54.1. The van der Waals surface area contributed by atoms with Crippen molar-refractivity contribution in [2.24, 2.45) is 0 Å². The minimum absolute atomic E-state index is 0.00427. The van der Waals surface area contributed by atoms with Crippen molar-refractivity contribution in [3.8, 4) is 0 Å². The van der Waals surface area contributed by atoms with Gasteiger partial charge in [-0.25, -0.2) is 0 Å². The summed E-state index contributed by atoms with van der Waals surface area (Å²) in [6.07, 6.45) is 9.76. The molecule has 0 heteroatoms. The van der Waals surface area contributed by atoms with Crippen molar-refractivity contribution in [1.82, 2.24) is 0 Å². The summed E-state index contributed by atoms with van der Waals surface area (Å²) in [6.45, 7) is 42.2. The van der Waals surface area contributed by atoms with Gasteiger partial charge in [-0.3, -0.25) is 0 Å². The summed E-state index contributed by atoms with van der Waals surface area (Å²) >= 11 is 0. The highest BCUT2D eigenvalue weighted by molar-refractivity contribution is 6.29.